The molecule has 2 aromatic carbocycles. The number of nitrogens with one attached hydrogen (secondary N) is 1. The molecule has 0 aliphatic rings. The van der Waals surface area contributed by atoms with E-state index in [0.29, 0.717) is 47.3 Å². The van der Waals surface area contributed by atoms with Crippen LogP contribution in [-0.2, 0) is 9.53 Å². The number of hydrogen-bond donors (Lipinski definition) is 1. The average Bonchev–Trinajstić information content (AvgIpc) is 3.10. The predicted molar refractivity (Wildman–Crippen MR) is 115 cm³/mol. The van der Waals surface area contributed by atoms with Crippen LogP contribution in [0.25, 0.3) is 11.0 Å². The van der Waals surface area contributed by atoms with Gasteiger partial charge in [0.2, 0.25) is 5.76 Å². The number of fused-ring (bicyclic) bond motifs is 1. The van der Waals surface area contributed by atoms with Gasteiger partial charge < -0.3 is 28.7 Å². The molecule has 8 nitrogen and oxygen atoms in total. The Morgan fingerprint density at radius 1 is 1.00 bits per heavy atom. The number of rotatable bonds is 9. The van der Waals surface area contributed by atoms with Gasteiger partial charge in [0.25, 0.3) is 5.91 Å². The molecule has 1 amide bonds. The van der Waals surface area contributed by atoms with Crippen molar-refractivity contribution >= 4 is 28.5 Å². The van der Waals surface area contributed by atoms with Gasteiger partial charge >= 0.3 is 5.97 Å². The highest BCUT2D eigenvalue weighted by atomic mass is 16.5. The molecule has 0 unspecified atom stereocenters. The first-order chi connectivity index (χ1) is 15.0. The Kier molecular flexibility index (Phi) is 7.02. The molecule has 0 atom stereocenters. The Morgan fingerprint density at radius 2 is 1.74 bits per heavy atom. The molecule has 0 fully saturated rings. The number of anilines is 1. The molecule has 0 aliphatic carbocycles. The van der Waals surface area contributed by atoms with Crippen molar-refractivity contribution < 1.29 is 33.0 Å². The SMILES string of the molecule is CCOc1ccc(NC(=O)COC(=O)c2oc3ccc(OC)cc3c2C)cc1OCC. The van der Waals surface area contributed by atoms with E-state index in [1.807, 2.05) is 13.8 Å². The number of benzene rings is 2. The lowest BCUT2D eigenvalue weighted by Gasteiger charge is -2.13. The molecule has 3 aromatic rings. The minimum absolute atomic E-state index is 0.0516. The number of furan rings is 1. The average molecular weight is 427 g/mol. The van der Waals surface area contributed by atoms with Crippen molar-refractivity contribution in [1.82, 2.24) is 0 Å². The van der Waals surface area contributed by atoms with Crippen LogP contribution in [0, 0.1) is 6.92 Å². The van der Waals surface area contributed by atoms with Crippen LogP contribution in [0.2, 0.25) is 0 Å². The summed E-state index contributed by atoms with van der Waals surface area (Å²) >= 11 is 0. The molecule has 0 saturated heterocycles. The van der Waals surface area contributed by atoms with E-state index in [1.54, 1.807) is 50.4 Å². The molecule has 0 bridgehead atoms. The summed E-state index contributed by atoms with van der Waals surface area (Å²) in [5.74, 6) is 0.603. The molecular weight excluding hydrogens is 402 g/mol. The second kappa shape index (κ2) is 9.88. The number of ether oxygens (including phenoxy) is 4. The maximum Gasteiger partial charge on any atom is 0.375 e. The maximum atomic E-state index is 12.4. The molecule has 1 N–H and O–H groups in total. The quantitative estimate of drug-likeness (QED) is 0.507. The van der Waals surface area contributed by atoms with Crippen LogP contribution < -0.4 is 19.5 Å². The summed E-state index contributed by atoms with van der Waals surface area (Å²) in [6.07, 6.45) is 0. The van der Waals surface area contributed by atoms with Gasteiger partial charge in [-0.3, -0.25) is 4.79 Å². The first-order valence-corrected chi connectivity index (χ1v) is 9.90. The third-order valence-corrected chi connectivity index (χ3v) is 4.49. The molecule has 3 rings (SSSR count). The van der Waals surface area contributed by atoms with Crippen molar-refractivity contribution in [1.29, 1.82) is 0 Å². The molecule has 0 spiro atoms. The zero-order valence-electron chi connectivity index (χ0n) is 17.9. The number of methoxy groups -OCH3 is 1. The summed E-state index contributed by atoms with van der Waals surface area (Å²) in [6.45, 7) is 5.97. The van der Waals surface area contributed by atoms with Gasteiger partial charge in [0, 0.05) is 22.7 Å². The fourth-order valence-corrected chi connectivity index (χ4v) is 3.04. The highest BCUT2D eigenvalue weighted by Crippen LogP contribution is 2.31. The van der Waals surface area contributed by atoms with Crippen LogP contribution in [0.3, 0.4) is 0 Å². The summed E-state index contributed by atoms with van der Waals surface area (Å²) in [5.41, 5.74) is 1.65. The Bertz CT molecular complexity index is 1090. The van der Waals surface area contributed by atoms with Gasteiger partial charge in [0.15, 0.2) is 18.1 Å². The molecule has 1 aromatic heterocycles. The monoisotopic (exact) mass is 427 g/mol. The number of carbonyl (C=O) groups excluding carboxylic acids is 2. The summed E-state index contributed by atoms with van der Waals surface area (Å²) in [5, 5.41) is 3.42. The third kappa shape index (κ3) is 5.09. The fraction of sp³-hybridized carbons (Fsp3) is 0.304. The van der Waals surface area contributed by atoms with Gasteiger partial charge in [0.05, 0.1) is 20.3 Å². The maximum absolute atomic E-state index is 12.4. The molecule has 0 radical (unpaired) electrons. The van der Waals surface area contributed by atoms with Gasteiger partial charge in [-0.15, -0.1) is 0 Å². The third-order valence-electron chi connectivity index (χ3n) is 4.49. The second-order valence-electron chi connectivity index (χ2n) is 6.57. The molecule has 0 aliphatic heterocycles. The van der Waals surface area contributed by atoms with E-state index < -0.39 is 18.5 Å². The minimum Gasteiger partial charge on any atom is -0.497 e. The largest absolute Gasteiger partial charge is 0.497 e. The number of aryl methyl sites for hydroxylation is 1. The minimum atomic E-state index is -0.718. The number of carbonyl (C=O) groups is 2. The van der Waals surface area contributed by atoms with Crippen molar-refractivity contribution in [3.63, 3.8) is 0 Å². The topological polar surface area (TPSA) is 96.2 Å². The normalized spacial score (nSPS) is 10.6. The predicted octanol–water partition coefficient (Wildman–Crippen LogP) is 4.34. The van der Waals surface area contributed by atoms with E-state index in [4.69, 9.17) is 23.4 Å². The van der Waals surface area contributed by atoms with Crippen molar-refractivity contribution in [2.45, 2.75) is 20.8 Å². The van der Waals surface area contributed by atoms with Crippen LogP contribution in [0.4, 0.5) is 5.69 Å². The molecular formula is C23H25NO7. The number of hydrogen-bond acceptors (Lipinski definition) is 7. The number of esters is 1. The smallest absolute Gasteiger partial charge is 0.375 e. The van der Waals surface area contributed by atoms with Gasteiger partial charge in [-0.1, -0.05) is 0 Å². The van der Waals surface area contributed by atoms with Gasteiger partial charge in [-0.05, 0) is 51.1 Å². The zero-order valence-corrected chi connectivity index (χ0v) is 17.9. The standard InChI is InChI=1S/C23H25NO7/c1-5-28-19-9-7-15(11-20(19)29-6-2)24-21(25)13-30-23(26)22-14(3)17-12-16(27-4)8-10-18(17)31-22/h7-12H,5-6,13H2,1-4H3,(H,24,25). The Hall–Kier alpha value is -3.68. The molecule has 1 heterocycles. The molecule has 0 saturated carbocycles. The first-order valence-electron chi connectivity index (χ1n) is 9.90. The van der Waals surface area contributed by atoms with Crippen LogP contribution in [0.15, 0.2) is 40.8 Å². The Morgan fingerprint density at radius 3 is 2.45 bits per heavy atom. The Balaban J connectivity index is 1.64. The van der Waals surface area contributed by atoms with Crippen molar-refractivity contribution in [2.75, 3.05) is 32.2 Å². The lowest BCUT2D eigenvalue weighted by atomic mass is 10.1. The van der Waals surface area contributed by atoms with Crippen LogP contribution in [0.5, 0.6) is 17.2 Å². The van der Waals surface area contributed by atoms with Gasteiger partial charge in [0.1, 0.15) is 11.3 Å². The lowest BCUT2D eigenvalue weighted by Crippen LogP contribution is -2.21. The van der Waals surface area contributed by atoms with E-state index in [1.165, 1.54) is 0 Å². The fourth-order valence-electron chi connectivity index (χ4n) is 3.04. The van der Waals surface area contributed by atoms with E-state index >= 15 is 0 Å². The highest BCUT2D eigenvalue weighted by molar-refractivity contribution is 5.98. The van der Waals surface area contributed by atoms with Crippen LogP contribution in [0.1, 0.15) is 30.0 Å². The van der Waals surface area contributed by atoms with Crippen LogP contribution in [-0.4, -0.2) is 38.8 Å². The second-order valence-corrected chi connectivity index (χ2v) is 6.57. The van der Waals surface area contributed by atoms with E-state index in [-0.39, 0.29) is 5.76 Å². The van der Waals surface area contributed by atoms with E-state index in [2.05, 4.69) is 5.32 Å². The van der Waals surface area contributed by atoms with E-state index in [9.17, 15) is 9.59 Å². The lowest BCUT2D eigenvalue weighted by molar-refractivity contribution is -0.119. The summed E-state index contributed by atoms with van der Waals surface area (Å²) < 4.78 is 27.0. The summed E-state index contributed by atoms with van der Waals surface area (Å²) in [4.78, 5) is 24.7. The van der Waals surface area contributed by atoms with Crippen LogP contribution >= 0.6 is 0 Å². The summed E-state index contributed by atoms with van der Waals surface area (Å²) in [7, 11) is 1.56. The summed E-state index contributed by atoms with van der Waals surface area (Å²) in [6, 6.07) is 10.3. The van der Waals surface area contributed by atoms with Crippen molar-refractivity contribution in [2.24, 2.45) is 0 Å². The van der Waals surface area contributed by atoms with Gasteiger partial charge in [-0.25, -0.2) is 4.79 Å². The molecule has 31 heavy (non-hydrogen) atoms. The molecule has 164 valence electrons. The number of amides is 1. The zero-order chi connectivity index (χ0) is 22.4. The van der Waals surface area contributed by atoms with E-state index in [0.717, 1.165) is 5.39 Å². The molecule has 8 heteroatoms. The highest BCUT2D eigenvalue weighted by Gasteiger charge is 2.20. The van der Waals surface area contributed by atoms with Crippen molar-refractivity contribution in [3.05, 3.63) is 47.7 Å². The van der Waals surface area contributed by atoms with Gasteiger partial charge in [-0.2, -0.15) is 0 Å². The van der Waals surface area contributed by atoms with Crippen molar-refractivity contribution in [3.8, 4) is 17.2 Å². The first kappa shape index (κ1) is 22.0. The Labute approximate surface area is 180 Å².